The van der Waals surface area contributed by atoms with Crippen LogP contribution in [0.1, 0.15) is 40.0 Å². The number of hydrogen-bond acceptors (Lipinski definition) is 4. The van der Waals surface area contributed by atoms with E-state index in [1.807, 2.05) is 24.4 Å². The maximum absolute atomic E-state index is 6.49. The molecule has 1 N–H and O–H groups in total. The summed E-state index contributed by atoms with van der Waals surface area (Å²) in [5.74, 6) is 2.79. The fourth-order valence-corrected chi connectivity index (χ4v) is 3.89. The van der Waals surface area contributed by atoms with E-state index in [0.29, 0.717) is 29.5 Å². The number of anilines is 1. The van der Waals surface area contributed by atoms with Gasteiger partial charge in [-0.2, -0.15) is 0 Å². The molecule has 0 amide bonds. The molecule has 1 aromatic heterocycles. The second kappa shape index (κ2) is 10.1. The van der Waals surface area contributed by atoms with Crippen molar-refractivity contribution in [1.29, 1.82) is 0 Å². The maximum Gasteiger partial charge on any atom is 0.137 e. The monoisotopic (exact) mass is 402 g/mol. The van der Waals surface area contributed by atoms with E-state index < -0.39 is 0 Å². The molecule has 2 unspecified atom stereocenters. The molecule has 0 aliphatic carbocycles. The van der Waals surface area contributed by atoms with Gasteiger partial charge in [-0.3, -0.25) is 0 Å². The summed E-state index contributed by atoms with van der Waals surface area (Å²) in [5.41, 5.74) is 2.13. The van der Waals surface area contributed by atoms with Gasteiger partial charge < -0.3 is 14.8 Å². The zero-order chi connectivity index (χ0) is 19.9. The third-order valence-electron chi connectivity index (χ3n) is 4.93. The molecule has 0 saturated carbocycles. The van der Waals surface area contributed by atoms with Crippen molar-refractivity contribution in [3.8, 4) is 16.9 Å². The molecule has 2 aromatic rings. The van der Waals surface area contributed by atoms with Gasteiger partial charge in [-0.1, -0.05) is 38.4 Å². The third kappa shape index (κ3) is 6.11. The van der Waals surface area contributed by atoms with Crippen LogP contribution in [0.5, 0.6) is 5.75 Å². The Hall–Kier alpha value is -1.78. The molecule has 1 fully saturated rings. The van der Waals surface area contributed by atoms with Crippen molar-refractivity contribution < 1.29 is 9.47 Å². The molecule has 2 atom stereocenters. The Labute approximate surface area is 173 Å². The van der Waals surface area contributed by atoms with Gasteiger partial charge >= 0.3 is 0 Å². The number of nitrogens with one attached hydrogen (secondary N) is 1. The third-order valence-corrected chi connectivity index (χ3v) is 5.23. The average molecular weight is 403 g/mol. The van der Waals surface area contributed by atoms with Gasteiger partial charge in [-0.05, 0) is 66.5 Å². The van der Waals surface area contributed by atoms with Crippen LogP contribution in [0.15, 0.2) is 36.5 Å². The largest absolute Gasteiger partial charge is 0.492 e. The van der Waals surface area contributed by atoms with Crippen molar-refractivity contribution in [3.05, 3.63) is 41.6 Å². The predicted molar refractivity (Wildman–Crippen MR) is 116 cm³/mol. The lowest BCUT2D eigenvalue weighted by atomic mass is 10.00. The number of halogens is 1. The lowest BCUT2D eigenvalue weighted by Gasteiger charge is -2.23. The van der Waals surface area contributed by atoms with Gasteiger partial charge in [0.2, 0.25) is 0 Å². The summed E-state index contributed by atoms with van der Waals surface area (Å²) in [5, 5.41) is 4.11. The van der Waals surface area contributed by atoms with Crippen LogP contribution in [0, 0.1) is 11.8 Å². The van der Waals surface area contributed by atoms with Crippen LogP contribution in [0.4, 0.5) is 5.82 Å². The van der Waals surface area contributed by atoms with E-state index in [4.69, 9.17) is 21.1 Å². The molecule has 1 saturated heterocycles. The number of nitrogens with zero attached hydrogens (tertiary/aromatic N) is 1. The predicted octanol–water partition coefficient (Wildman–Crippen LogP) is 6.05. The number of aromatic nitrogens is 1. The second-order valence-electron chi connectivity index (χ2n) is 8.18. The Morgan fingerprint density at radius 3 is 2.75 bits per heavy atom. The highest BCUT2D eigenvalue weighted by Gasteiger charge is 2.14. The average Bonchev–Trinajstić information content (AvgIpc) is 2.67. The molecule has 1 aromatic carbocycles. The highest BCUT2D eigenvalue weighted by atomic mass is 35.5. The topological polar surface area (TPSA) is 43.4 Å². The summed E-state index contributed by atoms with van der Waals surface area (Å²) in [7, 11) is 0. The van der Waals surface area contributed by atoms with Gasteiger partial charge in [0.05, 0.1) is 24.3 Å². The summed E-state index contributed by atoms with van der Waals surface area (Å²) in [6.07, 6.45) is 5.17. The minimum absolute atomic E-state index is 0.323. The van der Waals surface area contributed by atoms with Crippen molar-refractivity contribution in [2.45, 2.75) is 46.1 Å². The van der Waals surface area contributed by atoms with Crippen molar-refractivity contribution in [3.63, 3.8) is 0 Å². The molecule has 4 nitrogen and oxygen atoms in total. The van der Waals surface area contributed by atoms with Gasteiger partial charge in [0.25, 0.3) is 0 Å². The minimum atomic E-state index is 0.323. The fraction of sp³-hybridized carbons (Fsp3) is 0.522. The van der Waals surface area contributed by atoms with E-state index >= 15 is 0 Å². The van der Waals surface area contributed by atoms with Gasteiger partial charge in [0.15, 0.2) is 0 Å². The number of hydrogen-bond donors (Lipinski definition) is 1. The number of rotatable bonds is 8. The van der Waals surface area contributed by atoms with E-state index in [-0.39, 0.29) is 0 Å². The standard InChI is InChI=1S/C23H31ClN2O2/c1-16(2)11-17(3)14-28-22-7-6-18(12-21(22)24)19-8-9-25-23(13-19)26-20-5-4-10-27-15-20/h6-9,12-13,16-17,20H,4-5,10-11,14-15H2,1-3H3,(H,25,26). The lowest BCUT2D eigenvalue weighted by Crippen LogP contribution is -2.30. The molecular formula is C23H31ClN2O2. The maximum atomic E-state index is 6.49. The first-order chi connectivity index (χ1) is 13.5. The Morgan fingerprint density at radius 1 is 1.21 bits per heavy atom. The van der Waals surface area contributed by atoms with Gasteiger partial charge in [0, 0.05) is 12.8 Å². The molecule has 0 bridgehead atoms. The summed E-state index contributed by atoms with van der Waals surface area (Å²) in [6, 6.07) is 10.4. The van der Waals surface area contributed by atoms with Crippen LogP contribution in [0.3, 0.4) is 0 Å². The van der Waals surface area contributed by atoms with Crippen LogP contribution in [0.25, 0.3) is 11.1 Å². The fourth-order valence-electron chi connectivity index (χ4n) is 3.66. The van der Waals surface area contributed by atoms with Crippen molar-refractivity contribution >= 4 is 17.4 Å². The molecule has 2 heterocycles. The van der Waals surface area contributed by atoms with Crippen LogP contribution in [-0.2, 0) is 4.74 Å². The van der Waals surface area contributed by atoms with E-state index in [2.05, 4.69) is 43.2 Å². The molecule has 3 rings (SSSR count). The number of benzene rings is 1. The van der Waals surface area contributed by atoms with Crippen LogP contribution in [-0.4, -0.2) is 30.8 Å². The zero-order valence-corrected chi connectivity index (χ0v) is 17.8. The van der Waals surface area contributed by atoms with Crippen LogP contribution in [0.2, 0.25) is 5.02 Å². The summed E-state index contributed by atoms with van der Waals surface area (Å²) >= 11 is 6.49. The first kappa shape index (κ1) is 20.9. The normalized spacial score (nSPS) is 18.1. The van der Waals surface area contributed by atoms with Crippen LogP contribution < -0.4 is 10.1 Å². The highest BCUT2D eigenvalue weighted by Crippen LogP contribution is 2.31. The smallest absolute Gasteiger partial charge is 0.137 e. The number of ether oxygens (including phenoxy) is 2. The van der Waals surface area contributed by atoms with Gasteiger partial charge in [-0.25, -0.2) is 4.98 Å². The summed E-state index contributed by atoms with van der Waals surface area (Å²) in [4.78, 5) is 4.45. The number of pyridine rings is 1. The lowest BCUT2D eigenvalue weighted by molar-refractivity contribution is 0.0875. The minimum Gasteiger partial charge on any atom is -0.492 e. The molecular weight excluding hydrogens is 372 g/mol. The molecule has 1 aliphatic heterocycles. The molecule has 5 heteroatoms. The van der Waals surface area contributed by atoms with Gasteiger partial charge in [0.1, 0.15) is 11.6 Å². The molecule has 28 heavy (non-hydrogen) atoms. The van der Waals surface area contributed by atoms with E-state index in [1.54, 1.807) is 0 Å². The SMILES string of the molecule is CC(C)CC(C)COc1ccc(-c2ccnc(NC3CCCOC3)c2)cc1Cl. The molecule has 1 aliphatic rings. The van der Waals surface area contributed by atoms with Crippen molar-refractivity contribution in [2.75, 3.05) is 25.1 Å². The first-order valence-electron chi connectivity index (χ1n) is 10.2. The van der Waals surface area contributed by atoms with Gasteiger partial charge in [-0.15, -0.1) is 0 Å². The first-order valence-corrected chi connectivity index (χ1v) is 10.6. The zero-order valence-electron chi connectivity index (χ0n) is 17.1. The Kier molecular flexibility index (Phi) is 7.57. The van der Waals surface area contributed by atoms with Crippen LogP contribution >= 0.6 is 11.6 Å². The summed E-state index contributed by atoms with van der Waals surface area (Å²) in [6.45, 7) is 8.96. The van der Waals surface area contributed by atoms with E-state index in [0.717, 1.165) is 55.2 Å². The Bertz CT molecular complexity index is 760. The second-order valence-corrected chi connectivity index (χ2v) is 8.59. The molecule has 0 radical (unpaired) electrons. The van der Waals surface area contributed by atoms with E-state index in [9.17, 15) is 0 Å². The molecule has 0 spiro atoms. The Balaban J connectivity index is 1.65. The Morgan fingerprint density at radius 2 is 2.04 bits per heavy atom. The quantitative estimate of drug-likeness (QED) is 0.583. The summed E-state index contributed by atoms with van der Waals surface area (Å²) < 4.78 is 11.5. The highest BCUT2D eigenvalue weighted by molar-refractivity contribution is 6.32. The van der Waals surface area contributed by atoms with E-state index in [1.165, 1.54) is 0 Å². The van der Waals surface area contributed by atoms with Crippen molar-refractivity contribution in [1.82, 2.24) is 4.98 Å². The van der Waals surface area contributed by atoms with Crippen molar-refractivity contribution in [2.24, 2.45) is 11.8 Å². The molecule has 152 valence electrons.